The van der Waals surface area contributed by atoms with Gasteiger partial charge in [-0.3, -0.25) is 0 Å². The van der Waals surface area contributed by atoms with Crippen LogP contribution in [-0.2, 0) is 4.74 Å². The van der Waals surface area contributed by atoms with Gasteiger partial charge >= 0.3 is 5.97 Å². The Balaban J connectivity index is 3.05. The van der Waals surface area contributed by atoms with Crippen LogP contribution in [0, 0.1) is 6.92 Å². The Kier molecular flexibility index (Phi) is 5.47. The molecule has 0 bridgehead atoms. The SMILES string of the molecule is COC(=O)c1nc(C)cc(N(CCO)CCO)n1. The summed E-state index contributed by atoms with van der Waals surface area (Å²) in [6, 6.07) is 1.68. The Morgan fingerprint density at radius 1 is 1.33 bits per heavy atom. The molecule has 7 heteroatoms. The molecule has 0 fully saturated rings. The van der Waals surface area contributed by atoms with Gasteiger partial charge in [0.15, 0.2) is 0 Å². The number of hydrogen-bond acceptors (Lipinski definition) is 7. The number of methoxy groups -OCH3 is 1. The molecule has 0 unspecified atom stereocenters. The predicted molar refractivity (Wildman–Crippen MR) is 64.5 cm³/mol. The first-order chi connectivity index (χ1) is 8.62. The number of nitrogens with zero attached hydrogens (tertiary/aromatic N) is 3. The number of carbonyl (C=O) groups excluding carboxylic acids is 1. The summed E-state index contributed by atoms with van der Waals surface area (Å²) in [5.41, 5.74) is 0.612. The van der Waals surface area contributed by atoms with Crippen molar-refractivity contribution in [2.75, 3.05) is 38.3 Å². The van der Waals surface area contributed by atoms with E-state index in [9.17, 15) is 4.79 Å². The number of carbonyl (C=O) groups is 1. The van der Waals surface area contributed by atoms with Gasteiger partial charge in [0.1, 0.15) is 5.82 Å². The third-order valence-corrected chi connectivity index (χ3v) is 2.27. The second-order valence-electron chi connectivity index (χ2n) is 3.62. The average Bonchev–Trinajstić information content (AvgIpc) is 2.36. The van der Waals surface area contributed by atoms with E-state index in [1.165, 1.54) is 7.11 Å². The number of aliphatic hydroxyl groups is 2. The van der Waals surface area contributed by atoms with Crippen LogP contribution in [0.2, 0.25) is 0 Å². The third-order valence-electron chi connectivity index (χ3n) is 2.27. The number of aromatic nitrogens is 2. The van der Waals surface area contributed by atoms with Gasteiger partial charge in [-0.25, -0.2) is 14.8 Å². The van der Waals surface area contributed by atoms with Crippen molar-refractivity contribution >= 4 is 11.8 Å². The molecule has 1 aromatic heterocycles. The van der Waals surface area contributed by atoms with Gasteiger partial charge in [-0.1, -0.05) is 0 Å². The maximum atomic E-state index is 11.4. The number of aliphatic hydroxyl groups excluding tert-OH is 2. The van der Waals surface area contributed by atoms with E-state index >= 15 is 0 Å². The lowest BCUT2D eigenvalue weighted by atomic mass is 10.3. The maximum Gasteiger partial charge on any atom is 0.376 e. The van der Waals surface area contributed by atoms with Crippen LogP contribution in [-0.4, -0.2) is 59.6 Å². The number of aryl methyl sites for hydroxylation is 1. The van der Waals surface area contributed by atoms with E-state index in [4.69, 9.17) is 10.2 Å². The third kappa shape index (κ3) is 3.64. The highest BCUT2D eigenvalue weighted by Crippen LogP contribution is 2.12. The van der Waals surface area contributed by atoms with Gasteiger partial charge in [-0.15, -0.1) is 0 Å². The first kappa shape index (κ1) is 14.3. The Bertz CT molecular complexity index is 405. The number of rotatable bonds is 6. The zero-order chi connectivity index (χ0) is 13.5. The normalized spacial score (nSPS) is 10.2. The second kappa shape index (κ2) is 6.87. The monoisotopic (exact) mass is 255 g/mol. The van der Waals surface area contributed by atoms with Gasteiger partial charge in [0, 0.05) is 24.8 Å². The highest BCUT2D eigenvalue weighted by molar-refractivity contribution is 5.85. The quantitative estimate of drug-likeness (QED) is 0.653. The Hall–Kier alpha value is -1.73. The Labute approximate surface area is 105 Å². The van der Waals surface area contributed by atoms with Gasteiger partial charge in [0.05, 0.1) is 20.3 Å². The van der Waals surface area contributed by atoms with Gasteiger partial charge in [0.2, 0.25) is 5.82 Å². The zero-order valence-corrected chi connectivity index (χ0v) is 10.5. The van der Waals surface area contributed by atoms with Crippen molar-refractivity contribution in [1.82, 2.24) is 9.97 Å². The molecule has 0 radical (unpaired) electrons. The summed E-state index contributed by atoms with van der Waals surface area (Å²) in [5.74, 6) is -0.174. The molecule has 1 rings (SSSR count). The molecular formula is C11H17N3O4. The predicted octanol–water partition coefficient (Wildman–Crippen LogP) is -0.637. The van der Waals surface area contributed by atoms with Crippen molar-refractivity contribution in [1.29, 1.82) is 0 Å². The summed E-state index contributed by atoms with van der Waals surface area (Å²) in [6.07, 6.45) is 0. The van der Waals surface area contributed by atoms with Crippen LogP contribution in [0.15, 0.2) is 6.07 Å². The van der Waals surface area contributed by atoms with E-state index in [2.05, 4.69) is 14.7 Å². The molecule has 0 aliphatic heterocycles. The molecule has 0 saturated carbocycles. The first-order valence-corrected chi connectivity index (χ1v) is 5.53. The molecule has 0 atom stereocenters. The molecule has 0 amide bonds. The molecule has 1 aromatic rings. The minimum atomic E-state index is -0.618. The highest BCUT2D eigenvalue weighted by Gasteiger charge is 2.14. The number of ether oxygens (including phenoxy) is 1. The topological polar surface area (TPSA) is 95.8 Å². The smallest absolute Gasteiger partial charge is 0.376 e. The number of esters is 1. The van der Waals surface area contributed by atoms with Crippen molar-refractivity contribution < 1.29 is 19.7 Å². The van der Waals surface area contributed by atoms with Crippen molar-refractivity contribution in [3.63, 3.8) is 0 Å². The fraction of sp³-hybridized carbons (Fsp3) is 0.545. The van der Waals surface area contributed by atoms with Crippen LogP contribution >= 0.6 is 0 Å². The maximum absolute atomic E-state index is 11.4. The highest BCUT2D eigenvalue weighted by atomic mass is 16.5. The molecule has 100 valence electrons. The number of hydrogen-bond donors (Lipinski definition) is 2. The van der Waals surface area contributed by atoms with Crippen molar-refractivity contribution in [3.05, 3.63) is 17.6 Å². The van der Waals surface area contributed by atoms with E-state index in [1.807, 2.05) is 0 Å². The fourth-order valence-electron chi connectivity index (χ4n) is 1.48. The molecule has 2 N–H and O–H groups in total. The minimum Gasteiger partial charge on any atom is -0.463 e. The van der Waals surface area contributed by atoms with Gasteiger partial charge < -0.3 is 19.8 Å². The van der Waals surface area contributed by atoms with Crippen molar-refractivity contribution in [3.8, 4) is 0 Å². The van der Waals surface area contributed by atoms with Crippen LogP contribution in [0.1, 0.15) is 16.3 Å². The van der Waals surface area contributed by atoms with E-state index in [0.717, 1.165) is 0 Å². The minimum absolute atomic E-state index is 0.0339. The average molecular weight is 255 g/mol. The zero-order valence-electron chi connectivity index (χ0n) is 10.5. The van der Waals surface area contributed by atoms with E-state index in [0.29, 0.717) is 24.6 Å². The number of anilines is 1. The Morgan fingerprint density at radius 3 is 2.44 bits per heavy atom. The summed E-state index contributed by atoms with van der Waals surface area (Å²) < 4.78 is 4.56. The van der Waals surface area contributed by atoms with E-state index in [-0.39, 0.29) is 19.0 Å². The second-order valence-corrected chi connectivity index (χ2v) is 3.62. The molecule has 0 aliphatic rings. The molecule has 0 spiro atoms. The molecule has 0 saturated heterocycles. The lowest BCUT2D eigenvalue weighted by molar-refractivity contribution is 0.0586. The Morgan fingerprint density at radius 2 is 1.94 bits per heavy atom. The largest absolute Gasteiger partial charge is 0.463 e. The van der Waals surface area contributed by atoms with Gasteiger partial charge in [-0.2, -0.15) is 0 Å². The lowest BCUT2D eigenvalue weighted by Gasteiger charge is -2.22. The summed E-state index contributed by atoms with van der Waals surface area (Å²) in [6.45, 7) is 2.22. The van der Waals surface area contributed by atoms with Crippen LogP contribution in [0.25, 0.3) is 0 Å². The molecule has 18 heavy (non-hydrogen) atoms. The molecule has 0 aromatic carbocycles. The van der Waals surface area contributed by atoms with E-state index < -0.39 is 5.97 Å². The molecule has 1 heterocycles. The molecular weight excluding hydrogens is 238 g/mol. The standard InChI is InChI=1S/C11H17N3O4/c1-8-7-9(14(3-5-15)4-6-16)13-10(12-8)11(17)18-2/h7,15-16H,3-6H2,1-2H3. The molecule has 7 nitrogen and oxygen atoms in total. The van der Waals surface area contributed by atoms with Crippen molar-refractivity contribution in [2.45, 2.75) is 6.92 Å². The van der Waals surface area contributed by atoms with E-state index in [1.54, 1.807) is 17.9 Å². The first-order valence-electron chi connectivity index (χ1n) is 5.53. The summed E-state index contributed by atoms with van der Waals surface area (Å²) in [7, 11) is 1.26. The summed E-state index contributed by atoms with van der Waals surface area (Å²) >= 11 is 0. The van der Waals surface area contributed by atoms with Gasteiger partial charge in [-0.05, 0) is 6.92 Å². The van der Waals surface area contributed by atoms with Gasteiger partial charge in [0.25, 0.3) is 0 Å². The summed E-state index contributed by atoms with van der Waals surface area (Å²) in [4.78, 5) is 21.1. The van der Waals surface area contributed by atoms with Crippen LogP contribution in [0.5, 0.6) is 0 Å². The van der Waals surface area contributed by atoms with Crippen LogP contribution < -0.4 is 4.90 Å². The van der Waals surface area contributed by atoms with Crippen molar-refractivity contribution in [2.24, 2.45) is 0 Å². The summed E-state index contributed by atoms with van der Waals surface area (Å²) in [5, 5.41) is 17.9. The fourth-order valence-corrected chi connectivity index (χ4v) is 1.48. The van der Waals surface area contributed by atoms with Crippen LogP contribution in [0.3, 0.4) is 0 Å². The molecule has 0 aliphatic carbocycles. The van der Waals surface area contributed by atoms with Crippen LogP contribution in [0.4, 0.5) is 5.82 Å². The lowest BCUT2D eigenvalue weighted by Crippen LogP contribution is -2.31.